The lowest BCUT2D eigenvalue weighted by molar-refractivity contribution is 0.467. The second-order valence-electron chi connectivity index (χ2n) is 3.70. The first-order valence-electron chi connectivity index (χ1n) is 5.23. The van der Waals surface area contributed by atoms with E-state index in [1.165, 1.54) is 18.3 Å². The van der Waals surface area contributed by atoms with E-state index in [9.17, 15) is 4.39 Å². The van der Waals surface area contributed by atoms with E-state index in [1.807, 2.05) is 0 Å². The number of aromatic nitrogens is 4. The lowest BCUT2D eigenvalue weighted by atomic mass is 10.3. The predicted octanol–water partition coefficient (Wildman–Crippen LogP) is 2.52. The Morgan fingerprint density at radius 3 is 2.95 bits per heavy atom. The standard InChI is InChI=1S/C11H7ClFN5O/c12-7-3-5(13)1-2-8(7)19-10-6-4-15-18-9(6)16-11(14)17-10/h1-4H,(H3,14,15,16,17,18). The molecule has 6 nitrogen and oxygen atoms in total. The maximum Gasteiger partial charge on any atom is 0.235 e. The van der Waals surface area contributed by atoms with Crippen LogP contribution in [-0.4, -0.2) is 20.2 Å². The zero-order valence-electron chi connectivity index (χ0n) is 9.39. The number of nitrogen functional groups attached to an aromatic ring is 1. The fourth-order valence-corrected chi connectivity index (χ4v) is 1.77. The summed E-state index contributed by atoms with van der Waals surface area (Å²) in [4.78, 5) is 7.91. The van der Waals surface area contributed by atoms with Crippen LogP contribution in [0.1, 0.15) is 0 Å². The largest absolute Gasteiger partial charge is 0.436 e. The van der Waals surface area contributed by atoms with Gasteiger partial charge >= 0.3 is 0 Å². The van der Waals surface area contributed by atoms with Gasteiger partial charge in [-0.05, 0) is 18.2 Å². The number of ether oxygens (including phenoxy) is 1. The number of fused-ring (bicyclic) bond motifs is 1. The molecule has 0 unspecified atom stereocenters. The highest BCUT2D eigenvalue weighted by atomic mass is 35.5. The molecule has 3 aromatic rings. The minimum atomic E-state index is -0.451. The average Bonchev–Trinajstić information content (AvgIpc) is 2.80. The van der Waals surface area contributed by atoms with Gasteiger partial charge in [0, 0.05) is 0 Å². The number of hydrogen-bond acceptors (Lipinski definition) is 5. The highest BCUT2D eigenvalue weighted by molar-refractivity contribution is 6.32. The first-order chi connectivity index (χ1) is 9.13. The van der Waals surface area contributed by atoms with Gasteiger partial charge in [-0.1, -0.05) is 11.6 Å². The van der Waals surface area contributed by atoms with Crippen molar-refractivity contribution in [1.29, 1.82) is 0 Å². The number of anilines is 1. The second-order valence-corrected chi connectivity index (χ2v) is 4.10. The minimum Gasteiger partial charge on any atom is -0.436 e. The number of benzene rings is 1. The number of nitrogens with two attached hydrogens (primary N) is 1. The topological polar surface area (TPSA) is 89.7 Å². The summed E-state index contributed by atoms with van der Waals surface area (Å²) in [7, 11) is 0. The van der Waals surface area contributed by atoms with Crippen LogP contribution in [0.2, 0.25) is 5.02 Å². The number of H-pyrrole nitrogens is 1. The average molecular weight is 280 g/mol. The molecule has 0 aliphatic carbocycles. The molecule has 0 saturated carbocycles. The van der Waals surface area contributed by atoms with Gasteiger partial charge in [-0.2, -0.15) is 15.1 Å². The monoisotopic (exact) mass is 279 g/mol. The molecular weight excluding hydrogens is 273 g/mol. The lowest BCUT2D eigenvalue weighted by Crippen LogP contribution is -1.98. The molecule has 0 radical (unpaired) electrons. The van der Waals surface area contributed by atoms with Crippen LogP contribution in [0.5, 0.6) is 11.6 Å². The van der Waals surface area contributed by atoms with E-state index in [0.29, 0.717) is 11.0 Å². The van der Waals surface area contributed by atoms with E-state index >= 15 is 0 Å². The third kappa shape index (κ3) is 2.15. The Bertz CT molecular complexity index is 760. The first kappa shape index (κ1) is 11.7. The summed E-state index contributed by atoms with van der Waals surface area (Å²) in [5, 5.41) is 7.17. The molecule has 96 valence electrons. The van der Waals surface area contributed by atoms with Gasteiger partial charge in [0.1, 0.15) is 17.0 Å². The summed E-state index contributed by atoms with van der Waals surface area (Å²) < 4.78 is 18.5. The Morgan fingerprint density at radius 2 is 2.16 bits per heavy atom. The fourth-order valence-electron chi connectivity index (χ4n) is 1.56. The van der Waals surface area contributed by atoms with E-state index < -0.39 is 5.82 Å². The molecule has 0 amide bonds. The molecule has 1 aromatic carbocycles. The molecule has 0 atom stereocenters. The molecule has 3 N–H and O–H groups in total. The number of nitrogens with zero attached hydrogens (tertiary/aromatic N) is 3. The molecule has 0 bridgehead atoms. The summed E-state index contributed by atoms with van der Waals surface area (Å²) in [6.07, 6.45) is 1.50. The van der Waals surface area contributed by atoms with Gasteiger partial charge in [0.05, 0.1) is 11.2 Å². The summed E-state index contributed by atoms with van der Waals surface area (Å²) in [5.74, 6) is 0.0476. The van der Waals surface area contributed by atoms with Crippen molar-refractivity contribution in [3.8, 4) is 11.6 Å². The van der Waals surface area contributed by atoms with Gasteiger partial charge in [-0.3, -0.25) is 5.10 Å². The van der Waals surface area contributed by atoms with Crippen molar-refractivity contribution in [3.05, 3.63) is 35.2 Å². The van der Waals surface area contributed by atoms with Gasteiger partial charge in [0.25, 0.3) is 0 Å². The zero-order chi connectivity index (χ0) is 13.4. The summed E-state index contributed by atoms with van der Waals surface area (Å²) in [6, 6.07) is 3.79. The Kier molecular flexibility index (Phi) is 2.68. The third-order valence-corrected chi connectivity index (χ3v) is 2.69. The zero-order valence-corrected chi connectivity index (χ0v) is 10.1. The summed E-state index contributed by atoms with van der Waals surface area (Å²) in [6.45, 7) is 0. The lowest BCUT2D eigenvalue weighted by Gasteiger charge is -2.07. The number of hydrogen-bond donors (Lipinski definition) is 2. The van der Waals surface area contributed by atoms with Crippen LogP contribution in [-0.2, 0) is 0 Å². The van der Waals surface area contributed by atoms with Crippen LogP contribution in [0.15, 0.2) is 24.4 Å². The molecular formula is C11H7ClFN5O. The van der Waals surface area contributed by atoms with Crippen LogP contribution < -0.4 is 10.5 Å². The van der Waals surface area contributed by atoms with E-state index in [1.54, 1.807) is 0 Å². The van der Waals surface area contributed by atoms with Crippen molar-refractivity contribution in [3.63, 3.8) is 0 Å². The summed E-state index contributed by atoms with van der Waals surface area (Å²) >= 11 is 5.88. The second kappa shape index (κ2) is 4.36. The maximum atomic E-state index is 13.0. The van der Waals surface area contributed by atoms with Gasteiger partial charge < -0.3 is 10.5 Å². The first-order valence-corrected chi connectivity index (χ1v) is 5.61. The molecule has 8 heteroatoms. The Labute approximate surface area is 111 Å². The van der Waals surface area contributed by atoms with E-state index in [0.717, 1.165) is 6.07 Å². The van der Waals surface area contributed by atoms with Crippen molar-refractivity contribution in [2.24, 2.45) is 0 Å². The number of rotatable bonds is 2. The van der Waals surface area contributed by atoms with Crippen LogP contribution >= 0.6 is 11.6 Å². The molecule has 0 aliphatic heterocycles. The van der Waals surface area contributed by atoms with Gasteiger partial charge in [0.2, 0.25) is 11.8 Å². The number of nitrogens with one attached hydrogen (secondary N) is 1. The minimum absolute atomic E-state index is 0.0324. The normalized spacial score (nSPS) is 10.8. The quantitative estimate of drug-likeness (QED) is 0.752. The highest BCUT2D eigenvalue weighted by Gasteiger charge is 2.12. The van der Waals surface area contributed by atoms with E-state index in [-0.39, 0.29) is 22.6 Å². The van der Waals surface area contributed by atoms with Gasteiger partial charge in [0.15, 0.2) is 5.65 Å². The Morgan fingerprint density at radius 1 is 1.32 bits per heavy atom. The van der Waals surface area contributed by atoms with E-state index in [2.05, 4.69) is 20.2 Å². The number of halogens is 2. The van der Waals surface area contributed by atoms with Gasteiger partial charge in [-0.15, -0.1) is 0 Å². The Hall–Kier alpha value is -2.41. The van der Waals surface area contributed by atoms with Crippen molar-refractivity contribution in [2.75, 3.05) is 5.73 Å². The summed E-state index contributed by atoms with van der Waals surface area (Å²) in [5.41, 5.74) is 6.00. The Balaban J connectivity index is 2.07. The molecule has 0 fully saturated rings. The maximum absolute atomic E-state index is 13.0. The molecule has 2 aromatic heterocycles. The van der Waals surface area contributed by atoms with E-state index in [4.69, 9.17) is 22.1 Å². The molecule has 0 saturated heterocycles. The fraction of sp³-hybridized carbons (Fsp3) is 0. The third-order valence-electron chi connectivity index (χ3n) is 2.39. The molecule has 19 heavy (non-hydrogen) atoms. The SMILES string of the molecule is Nc1nc(Oc2ccc(F)cc2Cl)c2cn[nH]c2n1. The van der Waals surface area contributed by atoms with Crippen molar-refractivity contribution in [2.45, 2.75) is 0 Å². The molecule has 3 rings (SSSR count). The smallest absolute Gasteiger partial charge is 0.235 e. The number of aromatic amines is 1. The van der Waals surface area contributed by atoms with Crippen molar-refractivity contribution >= 4 is 28.6 Å². The van der Waals surface area contributed by atoms with Crippen molar-refractivity contribution < 1.29 is 9.13 Å². The molecule has 2 heterocycles. The molecule has 0 spiro atoms. The highest BCUT2D eigenvalue weighted by Crippen LogP contribution is 2.32. The predicted molar refractivity (Wildman–Crippen MR) is 67.6 cm³/mol. The van der Waals surface area contributed by atoms with Crippen LogP contribution in [0.4, 0.5) is 10.3 Å². The van der Waals surface area contributed by atoms with Crippen LogP contribution in [0, 0.1) is 5.82 Å². The van der Waals surface area contributed by atoms with Crippen LogP contribution in [0.25, 0.3) is 11.0 Å². The molecule has 0 aliphatic rings. The van der Waals surface area contributed by atoms with Crippen molar-refractivity contribution in [1.82, 2.24) is 20.2 Å². The van der Waals surface area contributed by atoms with Gasteiger partial charge in [-0.25, -0.2) is 4.39 Å². The van der Waals surface area contributed by atoms with Crippen LogP contribution in [0.3, 0.4) is 0 Å².